The van der Waals surface area contributed by atoms with Crippen LogP contribution in [0.15, 0.2) is 17.3 Å². The third kappa shape index (κ3) is 3.44. The standard InChI is InChI=1S/C13H21N5O2S/c1-5-18-8-11(7-14-18)21(19,20)17-13-12(6-9(2)3)10(4)15-16-13/h7-9H,5-6H2,1-4H3,(H2,15,16,17). The van der Waals surface area contributed by atoms with Crippen LogP contribution in [0.3, 0.4) is 0 Å². The highest BCUT2D eigenvalue weighted by Gasteiger charge is 2.21. The van der Waals surface area contributed by atoms with Crippen LogP contribution in [0.5, 0.6) is 0 Å². The lowest BCUT2D eigenvalue weighted by atomic mass is 10.0. The largest absolute Gasteiger partial charge is 0.280 e. The zero-order chi connectivity index (χ0) is 15.6. The molecule has 7 nitrogen and oxygen atoms in total. The molecule has 0 radical (unpaired) electrons. The van der Waals surface area contributed by atoms with Crippen LogP contribution in [-0.4, -0.2) is 28.4 Å². The van der Waals surface area contributed by atoms with Crippen molar-refractivity contribution >= 4 is 15.8 Å². The minimum Gasteiger partial charge on any atom is -0.280 e. The number of anilines is 1. The average Bonchev–Trinajstić information content (AvgIpc) is 3.00. The SMILES string of the molecule is CCn1cc(S(=O)(=O)Nc2n[nH]c(C)c2CC(C)C)cn1. The van der Waals surface area contributed by atoms with Crippen molar-refractivity contribution < 1.29 is 8.42 Å². The second-order valence-corrected chi connectivity index (χ2v) is 7.09. The van der Waals surface area contributed by atoms with Gasteiger partial charge in [0.2, 0.25) is 0 Å². The van der Waals surface area contributed by atoms with Crippen LogP contribution in [0.2, 0.25) is 0 Å². The molecule has 0 bridgehead atoms. The molecule has 116 valence electrons. The van der Waals surface area contributed by atoms with E-state index in [2.05, 4.69) is 33.9 Å². The summed E-state index contributed by atoms with van der Waals surface area (Å²) in [6.45, 7) is 8.56. The van der Waals surface area contributed by atoms with Crippen LogP contribution in [-0.2, 0) is 23.0 Å². The highest BCUT2D eigenvalue weighted by atomic mass is 32.2. The summed E-state index contributed by atoms with van der Waals surface area (Å²) < 4.78 is 28.8. The van der Waals surface area contributed by atoms with Crippen LogP contribution in [0.25, 0.3) is 0 Å². The molecule has 2 aromatic heterocycles. The van der Waals surface area contributed by atoms with E-state index >= 15 is 0 Å². The second kappa shape index (κ2) is 5.88. The quantitative estimate of drug-likeness (QED) is 0.852. The summed E-state index contributed by atoms with van der Waals surface area (Å²) in [5.41, 5.74) is 1.78. The predicted octanol–water partition coefficient (Wildman–Crippen LogP) is 1.93. The lowest BCUT2D eigenvalue weighted by Crippen LogP contribution is -2.14. The van der Waals surface area contributed by atoms with Gasteiger partial charge in [-0.3, -0.25) is 14.5 Å². The second-order valence-electron chi connectivity index (χ2n) is 5.41. The van der Waals surface area contributed by atoms with Gasteiger partial charge in [0, 0.05) is 24.0 Å². The molecule has 0 aliphatic carbocycles. The highest BCUT2D eigenvalue weighted by molar-refractivity contribution is 7.92. The zero-order valence-corrected chi connectivity index (χ0v) is 13.5. The summed E-state index contributed by atoms with van der Waals surface area (Å²) >= 11 is 0. The Morgan fingerprint density at radius 3 is 2.71 bits per heavy atom. The molecule has 2 aromatic rings. The fourth-order valence-corrected chi connectivity index (χ4v) is 3.02. The first-order valence-electron chi connectivity index (χ1n) is 6.92. The molecule has 0 spiro atoms. The minimum absolute atomic E-state index is 0.139. The number of nitrogens with zero attached hydrogens (tertiary/aromatic N) is 3. The van der Waals surface area contributed by atoms with Crippen LogP contribution >= 0.6 is 0 Å². The number of aromatic nitrogens is 4. The van der Waals surface area contributed by atoms with Crippen molar-refractivity contribution in [3.63, 3.8) is 0 Å². The number of aryl methyl sites for hydroxylation is 2. The number of nitrogens with one attached hydrogen (secondary N) is 2. The zero-order valence-electron chi connectivity index (χ0n) is 12.7. The molecule has 21 heavy (non-hydrogen) atoms. The Morgan fingerprint density at radius 2 is 2.14 bits per heavy atom. The topological polar surface area (TPSA) is 92.7 Å². The molecule has 8 heteroatoms. The summed E-state index contributed by atoms with van der Waals surface area (Å²) in [5.74, 6) is 0.776. The maximum Gasteiger partial charge on any atom is 0.266 e. The van der Waals surface area contributed by atoms with E-state index in [4.69, 9.17) is 0 Å². The van der Waals surface area contributed by atoms with Crippen molar-refractivity contribution in [2.75, 3.05) is 4.72 Å². The molecule has 2 heterocycles. The van der Waals surface area contributed by atoms with Gasteiger partial charge in [0.25, 0.3) is 10.0 Å². The smallest absolute Gasteiger partial charge is 0.266 e. The maximum atomic E-state index is 12.4. The Morgan fingerprint density at radius 1 is 1.43 bits per heavy atom. The molecule has 0 fully saturated rings. The van der Waals surface area contributed by atoms with Gasteiger partial charge in [0.1, 0.15) is 4.90 Å². The van der Waals surface area contributed by atoms with Gasteiger partial charge < -0.3 is 0 Å². The van der Waals surface area contributed by atoms with Crippen molar-refractivity contribution in [1.29, 1.82) is 0 Å². The lowest BCUT2D eigenvalue weighted by Gasteiger charge is -2.08. The first-order chi connectivity index (χ1) is 9.83. The molecule has 0 atom stereocenters. The summed E-state index contributed by atoms with van der Waals surface area (Å²) in [4.78, 5) is 0.139. The minimum atomic E-state index is -3.66. The van der Waals surface area contributed by atoms with Crippen molar-refractivity contribution in [1.82, 2.24) is 20.0 Å². The van der Waals surface area contributed by atoms with Gasteiger partial charge >= 0.3 is 0 Å². The van der Waals surface area contributed by atoms with Gasteiger partial charge in [-0.2, -0.15) is 10.2 Å². The number of sulfonamides is 1. The van der Waals surface area contributed by atoms with Gasteiger partial charge in [-0.15, -0.1) is 0 Å². The van der Waals surface area contributed by atoms with Crippen molar-refractivity contribution in [3.8, 4) is 0 Å². The van der Waals surface area contributed by atoms with Gasteiger partial charge in [0.05, 0.1) is 6.20 Å². The van der Waals surface area contributed by atoms with Crippen molar-refractivity contribution in [2.24, 2.45) is 5.92 Å². The monoisotopic (exact) mass is 311 g/mol. The first-order valence-corrected chi connectivity index (χ1v) is 8.41. The number of aromatic amines is 1. The fraction of sp³-hybridized carbons (Fsp3) is 0.538. The Hall–Kier alpha value is -1.83. The Bertz CT molecular complexity index is 715. The molecule has 2 N–H and O–H groups in total. The molecule has 0 aliphatic heterocycles. The fourth-order valence-electron chi connectivity index (χ4n) is 2.04. The number of hydrogen-bond donors (Lipinski definition) is 2. The van der Waals surface area contributed by atoms with Gasteiger partial charge in [0.15, 0.2) is 5.82 Å². The summed E-state index contributed by atoms with van der Waals surface area (Å²) in [5, 5.41) is 10.9. The molecule has 0 aliphatic rings. The predicted molar refractivity (Wildman–Crippen MR) is 80.6 cm³/mol. The van der Waals surface area contributed by atoms with Gasteiger partial charge in [-0.1, -0.05) is 13.8 Å². The van der Waals surface area contributed by atoms with Gasteiger partial charge in [-0.25, -0.2) is 8.42 Å². The molecular weight excluding hydrogens is 290 g/mol. The van der Waals surface area contributed by atoms with E-state index < -0.39 is 10.0 Å². The Kier molecular flexibility index (Phi) is 4.36. The van der Waals surface area contributed by atoms with E-state index in [1.807, 2.05) is 13.8 Å². The van der Waals surface area contributed by atoms with Crippen LogP contribution in [0.4, 0.5) is 5.82 Å². The third-order valence-electron chi connectivity index (χ3n) is 3.16. The summed E-state index contributed by atoms with van der Waals surface area (Å²) in [6.07, 6.45) is 3.60. The molecule has 0 unspecified atom stereocenters. The number of H-pyrrole nitrogens is 1. The Labute approximate surface area is 124 Å². The molecule has 2 rings (SSSR count). The lowest BCUT2D eigenvalue weighted by molar-refractivity contribution is 0.600. The van der Waals surface area contributed by atoms with Crippen LogP contribution in [0.1, 0.15) is 32.0 Å². The van der Waals surface area contributed by atoms with E-state index in [9.17, 15) is 8.42 Å². The molecule has 0 amide bonds. The number of hydrogen-bond acceptors (Lipinski definition) is 4. The molecule has 0 saturated heterocycles. The summed E-state index contributed by atoms with van der Waals surface area (Å²) in [6, 6.07) is 0. The van der Waals surface area contributed by atoms with E-state index in [1.54, 1.807) is 4.68 Å². The van der Waals surface area contributed by atoms with Gasteiger partial charge in [-0.05, 0) is 26.2 Å². The molecular formula is C13H21N5O2S. The first kappa shape index (κ1) is 15.6. The maximum absolute atomic E-state index is 12.4. The van der Waals surface area contributed by atoms with Crippen LogP contribution in [0, 0.1) is 12.8 Å². The number of rotatable bonds is 6. The average molecular weight is 311 g/mol. The van der Waals surface area contributed by atoms with Crippen molar-refractivity contribution in [3.05, 3.63) is 23.7 Å². The van der Waals surface area contributed by atoms with Crippen molar-refractivity contribution in [2.45, 2.75) is 45.6 Å². The van der Waals surface area contributed by atoms with E-state index in [-0.39, 0.29) is 4.90 Å². The van der Waals surface area contributed by atoms with Crippen LogP contribution < -0.4 is 4.72 Å². The third-order valence-corrected chi connectivity index (χ3v) is 4.45. The van der Waals surface area contributed by atoms with E-state index in [0.29, 0.717) is 18.3 Å². The summed E-state index contributed by atoms with van der Waals surface area (Å²) in [7, 11) is -3.66. The van der Waals surface area contributed by atoms with E-state index in [0.717, 1.165) is 17.7 Å². The molecule has 0 aromatic carbocycles. The van der Waals surface area contributed by atoms with E-state index in [1.165, 1.54) is 12.4 Å². The normalized spacial score (nSPS) is 12.0. The molecule has 0 saturated carbocycles. The Balaban J connectivity index is 2.28. The highest BCUT2D eigenvalue weighted by Crippen LogP contribution is 2.22.